The van der Waals surface area contributed by atoms with Gasteiger partial charge >= 0.3 is 0 Å². The second-order valence-electron chi connectivity index (χ2n) is 3.54. The van der Waals surface area contributed by atoms with Crippen LogP contribution < -0.4 is 5.73 Å². The van der Waals surface area contributed by atoms with Gasteiger partial charge < -0.3 is 5.73 Å². The highest BCUT2D eigenvalue weighted by molar-refractivity contribution is 7.13. The summed E-state index contributed by atoms with van der Waals surface area (Å²) in [5.74, 6) is -0.205. The van der Waals surface area contributed by atoms with Crippen LogP contribution in [-0.4, -0.2) is 0 Å². The molecule has 1 aromatic heterocycles. The molecule has 0 amide bonds. The number of benzene rings is 1. The Morgan fingerprint density at radius 1 is 1.33 bits per heavy atom. The highest BCUT2D eigenvalue weighted by Crippen LogP contribution is 2.29. The standard InChI is InChI=1S/C12H12FNS/c1-8(14)10-6-12(15-7-10)9-3-2-4-11(13)5-9/h2-8H,14H2,1H3. The van der Waals surface area contributed by atoms with Gasteiger partial charge in [0, 0.05) is 10.9 Å². The van der Waals surface area contributed by atoms with Crippen LogP contribution in [-0.2, 0) is 0 Å². The largest absolute Gasteiger partial charge is 0.324 e. The summed E-state index contributed by atoms with van der Waals surface area (Å²) in [7, 11) is 0. The van der Waals surface area contributed by atoms with Crippen LogP contribution in [0.15, 0.2) is 35.7 Å². The van der Waals surface area contributed by atoms with E-state index < -0.39 is 0 Å². The summed E-state index contributed by atoms with van der Waals surface area (Å²) >= 11 is 1.59. The van der Waals surface area contributed by atoms with Crippen LogP contribution >= 0.6 is 11.3 Å². The van der Waals surface area contributed by atoms with Crippen LogP contribution in [0.4, 0.5) is 4.39 Å². The first-order valence-electron chi connectivity index (χ1n) is 4.77. The average Bonchev–Trinajstić information content (AvgIpc) is 2.66. The molecule has 0 aliphatic heterocycles. The Balaban J connectivity index is 2.37. The molecule has 1 unspecified atom stereocenters. The van der Waals surface area contributed by atoms with Gasteiger partial charge in [0.1, 0.15) is 5.82 Å². The van der Waals surface area contributed by atoms with Gasteiger partial charge in [0.2, 0.25) is 0 Å². The molecule has 0 radical (unpaired) electrons. The van der Waals surface area contributed by atoms with Crippen molar-refractivity contribution < 1.29 is 4.39 Å². The van der Waals surface area contributed by atoms with Crippen molar-refractivity contribution >= 4 is 11.3 Å². The summed E-state index contributed by atoms with van der Waals surface area (Å²) in [5.41, 5.74) is 7.77. The molecule has 2 aromatic rings. The van der Waals surface area contributed by atoms with Crippen molar-refractivity contribution in [2.75, 3.05) is 0 Å². The Bertz CT molecular complexity index is 462. The lowest BCUT2D eigenvalue weighted by Gasteiger charge is -1.99. The molecule has 0 saturated carbocycles. The van der Waals surface area contributed by atoms with Gasteiger partial charge in [0.05, 0.1) is 0 Å². The second-order valence-corrected chi connectivity index (χ2v) is 4.45. The molecule has 2 N–H and O–H groups in total. The lowest BCUT2D eigenvalue weighted by molar-refractivity contribution is 0.628. The fourth-order valence-electron chi connectivity index (χ4n) is 1.38. The number of hydrogen-bond acceptors (Lipinski definition) is 2. The van der Waals surface area contributed by atoms with Crippen LogP contribution in [0.3, 0.4) is 0 Å². The molecule has 3 heteroatoms. The molecule has 0 aliphatic rings. The molecular weight excluding hydrogens is 209 g/mol. The number of nitrogens with two attached hydrogens (primary N) is 1. The first kappa shape index (κ1) is 10.3. The quantitative estimate of drug-likeness (QED) is 0.824. The molecule has 1 aromatic carbocycles. The second kappa shape index (κ2) is 4.13. The first-order chi connectivity index (χ1) is 7.16. The zero-order valence-corrected chi connectivity index (χ0v) is 9.22. The number of thiophene rings is 1. The highest BCUT2D eigenvalue weighted by Gasteiger charge is 2.05. The minimum atomic E-state index is -0.205. The third kappa shape index (κ3) is 2.25. The van der Waals surface area contributed by atoms with Gasteiger partial charge in [-0.3, -0.25) is 0 Å². The van der Waals surface area contributed by atoms with Gasteiger partial charge in [-0.15, -0.1) is 11.3 Å². The fourth-order valence-corrected chi connectivity index (χ4v) is 2.40. The maximum atomic E-state index is 13.0. The molecular formula is C12H12FNS. The molecule has 0 fully saturated rings. The molecule has 1 heterocycles. The molecule has 1 nitrogen and oxygen atoms in total. The Morgan fingerprint density at radius 3 is 2.73 bits per heavy atom. The molecule has 0 bridgehead atoms. The lowest BCUT2D eigenvalue weighted by Crippen LogP contribution is -2.02. The van der Waals surface area contributed by atoms with E-state index in [4.69, 9.17) is 5.73 Å². The van der Waals surface area contributed by atoms with E-state index in [2.05, 4.69) is 0 Å². The van der Waals surface area contributed by atoms with E-state index in [9.17, 15) is 4.39 Å². The summed E-state index contributed by atoms with van der Waals surface area (Å²) < 4.78 is 13.0. The number of rotatable bonds is 2. The molecule has 2 rings (SSSR count). The van der Waals surface area contributed by atoms with E-state index in [1.54, 1.807) is 17.4 Å². The number of halogens is 1. The van der Waals surface area contributed by atoms with Crippen molar-refractivity contribution in [1.82, 2.24) is 0 Å². The van der Waals surface area contributed by atoms with Crippen molar-refractivity contribution in [3.8, 4) is 10.4 Å². The van der Waals surface area contributed by atoms with Crippen LogP contribution in [0.25, 0.3) is 10.4 Å². The topological polar surface area (TPSA) is 26.0 Å². The van der Waals surface area contributed by atoms with Gasteiger partial charge in [-0.2, -0.15) is 0 Å². The van der Waals surface area contributed by atoms with Crippen molar-refractivity contribution in [2.24, 2.45) is 5.73 Å². The predicted octanol–water partition coefficient (Wildman–Crippen LogP) is 3.57. The lowest BCUT2D eigenvalue weighted by atomic mass is 10.1. The van der Waals surface area contributed by atoms with E-state index in [-0.39, 0.29) is 11.9 Å². The zero-order chi connectivity index (χ0) is 10.8. The molecule has 15 heavy (non-hydrogen) atoms. The minimum absolute atomic E-state index is 0.0311. The highest BCUT2D eigenvalue weighted by atomic mass is 32.1. The van der Waals surface area contributed by atoms with Gasteiger partial charge in [-0.25, -0.2) is 4.39 Å². The SMILES string of the molecule is CC(N)c1csc(-c2cccc(F)c2)c1. The summed E-state index contributed by atoms with van der Waals surface area (Å²) in [4.78, 5) is 1.06. The third-order valence-corrected chi connectivity index (χ3v) is 3.25. The monoisotopic (exact) mass is 221 g/mol. The summed E-state index contributed by atoms with van der Waals surface area (Å²) in [6.07, 6.45) is 0. The minimum Gasteiger partial charge on any atom is -0.324 e. The van der Waals surface area contributed by atoms with E-state index >= 15 is 0 Å². The van der Waals surface area contributed by atoms with Crippen LogP contribution in [0, 0.1) is 5.82 Å². The summed E-state index contributed by atoms with van der Waals surface area (Å²) in [5, 5.41) is 2.02. The Morgan fingerprint density at radius 2 is 2.13 bits per heavy atom. The Kier molecular flexibility index (Phi) is 2.84. The van der Waals surface area contributed by atoms with Crippen LogP contribution in [0.2, 0.25) is 0 Å². The van der Waals surface area contributed by atoms with Crippen molar-refractivity contribution in [3.05, 3.63) is 47.1 Å². The van der Waals surface area contributed by atoms with Crippen molar-refractivity contribution in [3.63, 3.8) is 0 Å². The third-order valence-electron chi connectivity index (χ3n) is 2.25. The molecule has 0 aliphatic carbocycles. The average molecular weight is 221 g/mol. The van der Waals surface area contributed by atoms with E-state index in [1.807, 2.05) is 24.4 Å². The van der Waals surface area contributed by atoms with Crippen molar-refractivity contribution in [2.45, 2.75) is 13.0 Å². The molecule has 1 atom stereocenters. The van der Waals surface area contributed by atoms with E-state index in [0.29, 0.717) is 0 Å². The van der Waals surface area contributed by atoms with Crippen LogP contribution in [0.5, 0.6) is 0 Å². The molecule has 78 valence electrons. The van der Waals surface area contributed by atoms with Gasteiger partial charge in [-0.05, 0) is 41.6 Å². The Hall–Kier alpha value is -1.19. The maximum Gasteiger partial charge on any atom is 0.123 e. The van der Waals surface area contributed by atoms with Crippen molar-refractivity contribution in [1.29, 1.82) is 0 Å². The Labute approximate surface area is 92.4 Å². The van der Waals surface area contributed by atoms with E-state index in [0.717, 1.165) is 16.0 Å². The number of hydrogen-bond donors (Lipinski definition) is 1. The molecule has 0 saturated heterocycles. The maximum absolute atomic E-state index is 13.0. The first-order valence-corrected chi connectivity index (χ1v) is 5.65. The summed E-state index contributed by atoms with van der Waals surface area (Å²) in [6, 6.07) is 8.66. The predicted molar refractivity (Wildman–Crippen MR) is 62.3 cm³/mol. The zero-order valence-electron chi connectivity index (χ0n) is 8.41. The fraction of sp³-hybridized carbons (Fsp3) is 0.167. The summed E-state index contributed by atoms with van der Waals surface area (Å²) in [6.45, 7) is 1.94. The van der Waals surface area contributed by atoms with E-state index in [1.165, 1.54) is 12.1 Å². The van der Waals surface area contributed by atoms with Gasteiger partial charge in [-0.1, -0.05) is 12.1 Å². The molecule has 0 spiro atoms. The smallest absolute Gasteiger partial charge is 0.123 e. The van der Waals surface area contributed by atoms with Gasteiger partial charge in [0.25, 0.3) is 0 Å². The van der Waals surface area contributed by atoms with Crippen LogP contribution in [0.1, 0.15) is 18.5 Å². The normalized spacial score (nSPS) is 12.7. The van der Waals surface area contributed by atoms with Gasteiger partial charge in [0.15, 0.2) is 0 Å².